The molecule has 0 unspecified atom stereocenters. The minimum Gasteiger partial charge on any atom is -0.449 e. The van der Waals surface area contributed by atoms with Gasteiger partial charge in [0.25, 0.3) is 5.91 Å². The maximum Gasteiger partial charge on any atom is 0.338 e. The largest absolute Gasteiger partial charge is 0.449 e. The number of rotatable bonds is 7. The number of hydrogen-bond donors (Lipinski definition) is 1. The third kappa shape index (κ3) is 6.24. The van der Waals surface area contributed by atoms with Gasteiger partial charge in [-0.3, -0.25) is 4.79 Å². The van der Waals surface area contributed by atoms with Gasteiger partial charge in [0.05, 0.1) is 29.9 Å². The normalized spacial score (nSPS) is 11.5. The van der Waals surface area contributed by atoms with E-state index in [-0.39, 0.29) is 6.10 Å². The Morgan fingerprint density at radius 3 is 2.22 bits per heavy atom. The van der Waals surface area contributed by atoms with E-state index in [1.165, 1.54) is 6.92 Å². The zero-order valence-corrected chi connectivity index (χ0v) is 15.6. The minimum atomic E-state index is -0.961. The van der Waals surface area contributed by atoms with Crippen molar-refractivity contribution in [3.05, 3.63) is 65.2 Å². The average Bonchev–Trinajstić information content (AvgIpc) is 2.67. The lowest BCUT2D eigenvalue weighted by atomic mass is 10.1. The summed E-state index contributed by atoms with van der Waals surface area (Å²) < 4.78 is 10.7. The number of anilines is 1. The number of nitrogens with one attached hydrogen (secondary N) is 1. The molecule has 6 nitrogen and oxygen atoms in total. The summed E-state index contributed by atoms with van der Waals surface area (Å²) in [5.74, 6) is -1.02. The number of nitriles is 1. The summed E-state index contributed by atoms with van der Waals surface area (Å²) in [5.41, 5.74) is 2.33. The fourth-order valence-electron chi connectivity index (χ4n) is 2.15. The first-order valence-corrected chi connectivity index (χ1v) is 8.61. The molecule has 6 heteroatoms. The van der Waals surface area contributed by atoms with E-state index in [9.17, 15) is 9.59 Å². The molecular formula is C21H22N2O4. The standard InChI is InChI=1S/C21H22N2O4/c1-14(2)26-13-17-4-8-18(9-5-17)21(25)27-15(3)20(24)23-19-10-6-16(12-22)7-11-19/h4-11,14-15H,13H2,1-3H3,(H,23,24)/t15-/m1/s1. The van der Waals surface area contributed by atoms with Crippen LogP contribution >= 0.6 is 0 Å². The molecule has 0 aromatic heterocycles. The smallest absolute Gasteiger partial charge is 0.338 e. The van der Waals surface area contributed by atoms with Gasteiger partial charge in [0, 0.05) is 5.69 Å². The number of esters is 1. The lowest BCUT2D eigenvalue weighted by molar-refractivity contribution is -0.123. The molecule has 0 aliphatic rings. The number of nitrogens with zero attached hydrogens (tertiary/aromatic N) is 1. The summed E-state index contributed by atoms with van der Waals surface area (Å²) >= 11 is 0. The average molecular weight is 366 g/mol. The van der Waals surface area contributed by atoms with Gasteiger partial charge in [-0.25, -0.2) is 4.79 Å². The van der Waals surface area contributed by atoms with E-state index in [1.807, 2.05) is 19.9 Å². The topological polar surface area (TPSA) is 88.4 Å². The maximum absolute atomic E-state index is 12.2. The molecule has 1 atom stereocenters. The Balaban J connectivity index is 1.89. The first-order chi connectivity index (χ1) is 12.9. The fraction of sp³-hybridized carbons (Fsp3) is 0.286. The second kappa shape index (κ2) is 9.51. The monoisotopic (exact) mass is 366 g/mol. The van der Waals surface area contributed by atoms with Gasteiger partial charge in [-0.1, -0.05) is 12.1 Å². The highest BCUT2D eigenvalue weighted by Crippen LogP contribution is 2.12. The van der Waals surface area contributed by atoms with Gasteiger partial charge in [0.15, 0.2) is 6.10 Å². The molecular weight excluding hydrogens is 344 g/mol. The molecule has 0 bridgehead atoms. The van der Waals surface area contributed by atoms with Gasteiger partial charge in [-0.15, -0.1) is 0 Å². The van der Waals surface area contributed by atoms with E-state index >= 15 is 0 Å². The van der Waals surface area contributed by atoms with Crippen molar-refractivity contribution in [2.75, 3.05) is 5.32 Å². The third-order valence-electron chi connectivity index (χ3n) is 3.71. The Labute approximate surface area is 158 Å². The maximum atomic E-state index is 12.2. The van der Waals surface area contributed by atoms with Crippen molar-refractivity contribution < 1.29 is 19.1 Å². The van der Waals surface area contributed by atoms with E-state index in [1.54, 1.807) is 48.5 Å². The molecule has 140 valence electrons. The number of hydrogen-bond acceptors (Lipinski definition) is 5. The van der Waals surface area contributed by atoms with Gasteiger partial charge in [-0.2, -0.15) is 5.26 Å². The minimum absolute atomic E-state index is 0.130. The third-order valence-corrected chi connectivity index (χ3v) is 3.71. The van der Waals surface area contributed by atoms with Crippen LogP contribution in [0.3, 0.4) is 0 Å². The van der Waals surface area contributed by atoms with Crippen molar-refractivity contribution in [1.82, 2.24) is 0 Å². The van der Waals surface area contributed by atoms with Crippen LogP contribution in [0, 0.1) is 11.3 Å². The first kappa shape index (κ1) is 20.1. The number of carbonyl (C=O) groups is 2. The summed E-state index contributed by atoms with van der Waals surface area (Å²) in [7, 11) is 0. The molecule has 0 saturated heterocycles. The van der Waals surface area contributed by atoms with Crippen LogP contribution in [0.15, 0.2) is 48.5 Å². The zero-order valence-electron chi connectivity index (χ0n) is 15.6. The molecule has 0 radical (unpaired) electrons. The number of benzene rings is 2. The number of amides is 1. The van der Waals surface area contributed by atoms with Crippen molar-refractivity contribution in [2.24, 2.45) is 0 Å². The lowest BCUT2D eigenvalue weighted by Gasteiger charge is -2.14. The Hall–Kier alpha value is -3.17. The van der Waals surface area contributed by atoms with E-state index in [0.717, 1.165) is 5.56 Å². The summed E-state index contributed by atoms with van der Waals surface area (Å²) in [6, 6.07) is 15.3. The molecule has 27 heavy (non-hydrogen) atoms. The fourth-order valence-corrected chi connectivity index (χ4v) is 2.15. The molecule has 2 rings (SSSR count). The molecule has 0 aliphatic carbocycles. The summed E-state index contributed by atoms with van der Waals surface area (Å²) in [6.45, 7) is 5.88. The van der Waals surface area contributed by atoms with Crippen molar-refractivity contribution in [3.8, 4) is 6.07 Å². The lowest BCUT2D eigenvalue weighted by Crippen LogP contribution is -2.30. The van der Waals surface area contributed by atoms with Crippen LogP contribution in [0.4, 0.5) is 5.69 Å². The molecule has 0 spiro atoms. The van der Waals surface area contributed by atoms with Crippen LogP contribution in [-0.4, -0.2) is 24.1 Å². The zero-order chi connectivity index (χ0) is 19.8. The molecule has 1 amide bonds. The summed E-state index contributed by atoms with van der Waals surface area (Å²) in [5, 5.41) is 11.4. The highest BCUT2D eigenvalue weighted by molar-refractivity contribution is 5.97. The molecule has 0 saturated carbocycles. The quantitative estimate of drug-likeness (QED) is 0.755. The molecule has 0 fully saturated rings. The number of ether oxygens (including phenoxy) is 2. The SMILES string of the molecule is CC(C)OCc1ccc(C(=O)O[C@H](C)C(=O)Nc2ccc(C#N)cc2)cc1. The van der Waals surface area contributed by atoms with E-state index < -0.39 is 18.0 Å². The summed E-state index contributed by atoms with van der Waals surface area (Å²) in [4.78, 5) is 24.4. The van der Waals surface area contributed by atoms with E-state index in [2.05, 4.69) is 5.32 Å². The van der Waals surface area contributed by atoms with Crippen LogP contribution in [-0.2, 0) is 20.9 Å². The number of carbonyl (C=O) groups excluding carboxylic acids is 2. The predicted molar refractivity (Wildman–Crippen MR) is 101 cm³/mol. The second-order valence-corrected chi connectivity index (χ2v) is 6.28. The van der Waals surface area contributed by atoms with Gasteiger partial charge < -0.3 is 14.8 Å². The summed E-state index contributed by atoms with van der Waals surface area (Å²) in [6.07, 6.45) is -0.831. The molecule has 0 aliphatic heterocycles. The van der Waals surface area contributed by atoms with Crippen molar-refractivity contribution >= 4 is 17.6 Å². The predicted octanol–water partition coefficient (Wildman–Crippen LogP) is 3.67. The second-order valence-electron chi connectivity index (χ2n) is 6.28. The van der Waals surface area contributed by atoms with Gasteiger partial charge in [0.2, 0.25) is 0 Å². The molecule has 2 aromatic rings. The Kier molecular flexibility index (Phi) is 7.09. The van der Waals surface area contributed by atoms with Gasteiger partial charge in [0.1, 0.15) is 0 Å². The van der Waals surface area contributed by atoms with Crippen LogP contribution < -0.4 is 5.32 Å². The van der Waals surface area contributed by atoms with Crippen LogP contribution in [0.25, 0.3) is 0 Å². The highest BCUT2D eigenvalue weighted by atomic mass is 16.5. The Bertz CT molecular complexity index is 821. The Morgan fingerprint density at radius 2 is 1.67 bits per heavy atom. The molecule has 1 N–H and O–H groups in total. The van der Waals surface area contributed by atoms with Crippen molar-refractivity contribution in [2.45, 2.75) is 39.6 Å². The Morgan fingerprint density at radius 1 is 1.04 bits per heavy atom. The van der Waals surface area contributed by atoms with Gasteiger partial charge >= 0.3 is 5.97 Å². The van der Waals surface area contributed by atoms with Crippen LogP contribution in [0.1, 0.15) is 42.3 Å². The van der Waals surface area contributed by atoms with Crippen LogP contribution in [0.5, 0.6) is 0 Å². The van der Waals surface area contributed by atoms with Crippen molar-refractivity contribution in [1.29, 1.82) is 5.26 Å². The highest BCUT2D eigenvalue weighted by Gasteiger charge is 2.19. The van der Waals surface area contributed by atoms with E-state index in [4.69, 9.17) is 14.7 Å². The van der Waals surface area contributed by atoms with E-state index in [0.29, 0.717) is 23.4 Å². The van der Waals surface area contributed by atoms with Gasteiger partial charge in [-0.05, 0) is 62.7 Å². The molecule has 2 aromatic carbocycles. The first-order valence-electron chi connectivity index (χ1n) is 8.61. The van der Waals surface area contributed by atoms with Crippen molar-refractivity contribution in [3.63, 3.8) is 0 Å². The van der Waals surface area contributed by atoms with Crippen LogP contribution in [0.2, 0.25) is 0 Å². The molecule has 0 heterocycles.